The van der Waals surface area contributed by atoms with Crippen LogP contribution < -0.4 is 0 Å². The monoisotopic (exact) mass is 241 g/mol. The van der Waals surface area contributed by atoms with Crippen molar-refractivity contribution in [2.24, 2.45) is 0 Å². The standard InChI is InChI=1S/C12H5ClF3/c13-8-3-1-2-7(4-8)9-5-11(15)12(16)6-10(9)14/h1-2,4-6H. The Morgan fingerprint density at radius 2 is 1.62 bits per heavy atom. The molecule has 0 aliphatic heterocycles. The van der Waals surface area contributed by atoms with E-state index in [4.69, 9.17) is 11.6 Å². The average Bonchev–Trinajstić information content (AvgIpc) is 2.23. The Morgan fingerprint density at radius 1 is 0.938 bits per heavy atom. The molecule has 0 atom stereocenters. The Morgan fingerprint density at radius 3 is 2.31 bits per heavy atom. The van der Waals surface area contributed by atoms with Crippen LogP contribution in [0.15, 0.2) is 30.3 Å². The molecule has 0 fully saturated rings. The summed E-state index contributed by atoms with van der Waals surface area (Å²) in [6.07, 6.45) is 0. The predicted octanol–water partition coefficient (Wildman–Crippen LogP) is 4.22. The molecule has 0 bridgehead atoms. The maximum atomic E-state index is 13.4. The van der Waals surface area contributed by atoms with Gasteiger partial charge in [-0.25, -0.2) is 13.2 Å². The molecule has 0 saturated heterocycles. The molecular weight excluding hydrogens is 237 g/mol. The van der Waals surface area contributed by atoms with E-state index in [9.17, 15) is 13.2 Å². The van der Waals surface area contributed by atoms with Gasteiger partial charge in [0, 0.05) is 22.7 Å². The van der Waals surface area contributed by atoms with Gasteiger partial charge in [0.15, 0.2) is 11.6 Å². The first-order chi connectivity index (χ1) is 7.58. The quantitative estimate of drug-likeness (QED) is 0.656. The van der Waals surface area contributed by atoms with Crippen molar-refractivity contribution in [2.45, 2.75) is 0 Å². The first-order valence-electron chi connectivity index (χ1n) is 4.40. The topological polar surface area (TPSA) is 0 Å². The van der Waals surface area contributed by atoms with Gasteiger partial charge in [0.25, 0.3) is 0 Å². The van der Waals surface area contributed by atoms with Crippen molar-refractivity contribution in [3.63, 3.8) is 0 Å². The summed E-state index contributed by atoms with van der Waals surface area (Å²) in [6.45, 7) is 0. The molecule has 1 radical (unpaired) electrons. The highest BCUT2D eigenvalue weighted by Gasteiger charge is 2.11. The number of halogens is 4. The van der Waals surface area contributed by atoms with E-state index in [1.807, 2.05) is 0 Å². The molecule has 81 valence electrons. The fraction of sp³-hybridized carbons (Fsp3) is 0. The highest BCUT2D eigenvalue weighted by Crippen LogP contribution is 2.26. The highest BCUT2D eigenvalue weighted by atomic mass is 35.5. The van der Waals surface area contributed by atoms with E-state index in [2.05, 4.69) is 6.07 Å². The molecule has 2 aromatic carbocycles. The summed E-state index contributed by atoms with van der Waals surface area (Å²) in [7, 11) is 0. The third-order valence-corrected chi connectivity index (χ3v) is 2.31. The summed E-state index contributed by atoms with van der Waals surface area (Å²) in [5, 5.41) is 0.279. The smallest absolute Gasteiger partial charge is 0.161 e. The van der Waals surface area contributed by atoms with Gasteiger partial charge in [-0.3, -0.25) is 0 Å². The van der Waals surface area contributed by atoms with Crippen molar-refractivity contribution < 1.29 is 13.2 Å². The molecule has 0 heterocycles. The third kappa shape index (κ3) is 2.04. The second-order valence-corrected chi connectivity index (χ2v) is 3.58. The van der Waals surface area contributed by atoms with Crippen molar-refractivity contribution in [1.82, 2.24) is 0 Å². The van der Waals surface area contributed by atoms with Crippen molar-refractivity contribution in [1.29, 1.82) is 0 Å². The molecule has 0 aliphatic carbocycles. The van der Waals surface area contributed by atoms with Crippen LogP contribution in [0.3, 0.4) is 0 Å². The summed E-state index contributed by atoms with van der Waals surface area (Å²) >= 11 is 5.67. The van der Waals surface area contributed by atoms with Crippen molar-refractivity contribution in [3.8, 4) is 11.1 Å². The van der Waals surface area contributed by atoms with Gasteiger partial charge >= 0.3 is 0 Å². The Hall–Kier alpha value is -1.48. The van der Waals surface area contributed by atoms with Crippen molar-refractivity contribution in [2.75, 3.05) is 0 Å². The van der Waals surface area contributed by atoms with E-state index in [1.54, 1.807) is 0 Å². The second kappa shape index (κ2) is 4.18. The summed E-state index contributed by atoms with van der Waals surface area (Å²) in [5.41, 5.74) is 0.343. The molecule has 0 nitrogen and oxygen atoms in total. The van der Waals surface area contributed by atoms with Gasteiger partial charge in [-0.05, 0) is 17.7 Å². The van der Waals surface area contributed by atoms with Gasteiger partial charge in [-0.15, -0.1) is 0 Å². The lowest BCUT2D eigenvalue weighted by molar-refractivity contribution is 0.496. The van der Waals surface area contributed by atoms with E-state index in [0.717, 1.165) is 6.07 Å². The van der Waals surface area contributed by atoms with Crippen LogP contribution in [0.4, 0.5) is 13.2 Å². The number of hydrogen-bond donors (Lipinski definition) is 0. The van der Waals surface area contributed by atoms with Crippen LogP contribution in [0.5, 0.6) is 0 Å². The fourth-order valence-electron chi connectivity index (χ4n) is 1.35. The van der Waals surface area contributed by atoms with E-state index in [-0.39, 0.29) is 10.6 Å². The maximum Gasteiger partial charge on any atom is 0.161 e. The molecule has 2 rings (SSSR count). The molecule has 0 aliphatic rings. The molecule has 2 aromatic rings. The average molecular weight is 242 g/mol. The maximum absolute atomic E-state index is 13.4. The summed E-state index contributed by atoms with van der Waals surface area (Å²) < 4.78 is 39.1. The van der Waals surface area contributed by atoms with Gasteiger partial charge in [0.1, 0.15) is 5.82 Å². The molecule has 16 heavy (non-hydrogen) atoms. The molecular formula is C12H5ClF3. The van der Waals surface area contributed by atoms with Crippen molar-refractivity contribution >= 4 is 11.6 Å². The number of benzene rings is 2. The summed E-state index contributed by atoms with van der Waals surface area (Å²) in [5.74, 6) is -3.14. The van der Waals surface area contributed by atoms with Crippen LogP contribution in [0, 0.1) is 23.5 Å². The zero-order valence-corrected chi connectivity index (χ0v) is 8.65. The van der Waals surface area contributed by atoms with Crippen LogP contribution >= 0.6 is 11.6 Å². The molecule has 0 saturated carbocycles. The van der Waals surface area contributed by atoms with Crippen molar-refractivity contribution in [3.05, 3.63) is 58.9 Å². The van der Waals surface area contributed by atoms with Crippen LogP contribution in [0.25, 0.3) is 11.1 Å². The SMILES string of the molecule is Fc1cc(F)c(-c2cc[c]c(Cl)c2)cc1F. The Balaban J connectivity index is 2.60. The molecule has 0 N–H and O–H groups in total. The molecule has 0 amide bonds. The lowest BCUT2D eigenvalue weighted by Crippen LogP contribution is -1.91. The molecule has 4 heteroatoms. The largest absolute Gasteiger partial charge is 0.206 e. The van der Waals surface area contributed by atoms with Gasteiger partial charge < -0.3 is 0 Å². The normalized spacial score (nSPS) is 10.5. The van der Waals surface area contributed by atoms with Gasteiger partial charge in [-0.2, -0.15) is 0 Å². The Bertz CT molecular complexity index is 538. The third-order valence-electron chi connectivity index (χ3n) is 2.09. The minimum atomic E-state index is -1.21. The van der Waals surface area contributed by atoms with Crippen LogP contribution in [0.2, 0.25) is 5.02 Å². The first-order valence-corrected chi connectivity index (χ1v) is 4.78. The molecule has 0 spiro atoms. The zero-order valence-electron chi connectivity index (χ0n) is 7.90. The molecule has 0 unspecified atom stereocenters. The van der Waals surface area contributed by atoms with E-state index < -0.39 is 17.5 Å². The number of hydrogen-bond acceptors (Lipinski definition) is 0. The summed E-state index contributed by atoms with van der Waals surface area (Å²) in [4.78, 5) is 0. The minimum Gasteiger partial charge on any atom is -0.206 e. The fourth-order valence-corrected chi connectivity index (χ4v) is 1.53. The first kappa shape index (κ1) is 11.0. The van der Waals surface area contributed by atoms with Gasteiger partial charge in [0.2, 0.25) is 0 Å². The zero-order chi connectivity index (χ0) is 11.7. The van der Waals surface area contributed by atoms with E-state index >= 15 is 0 Å². The second-order valence-electron chi connectivity index (χ2n) is 3.17. The highest BCUT2D eigenvalue weighted by molar-refractivity contribution is 6.30. The Labute approximate surface area is 95.3 Å². The number of rotatable bonds is 1. The van der Waals surface area contributed by atoms with Crippen LogP contribution in [-0.4, -0.2) is 0 Å². The minimum absolute atomic E-state index is 0.0326. The van der Waals surface area contributed by atoms with Crippen LogP contribution in [-0.2, 0) is 0 Å². The molecule has 0 aromatic heterocycles. The summed E-state index contributed by atoms with van der Waals surface area (Å²) in [6, 6.07) is 8.40. The van der Waals surface area contributed by atoms with Gasteiger partial charge in [-0.1, -0.05) is 23.7 Å². The predicted molar refractivity (Wildman–Crippen MR) is 55.6 cm³/mol. The lowest BCUT2D eigenvalue weighted by Gasteiger charge is -2.04. The Kier molecular flexibility index (Phi) is 2.88. The lowest BCUT2D eigenvalue weighted by atomic mass is 10.1. The van der Waals surface area contributed by atoms with Gasteiger partial charge in [0.05, 0.1) is 0 Å². The van der Waals surface area contributed by atoms with E-state index in [0.29, 0.717) is 11.6 Å². The van der Waals surface area contributed by atoms with E-state index in [1.165, 1.54) is 18.2 Å². The van der Waals surface area contributed by atoms with Crippen LogP contribution in [0.1, 0.15) is 0 Å².